The highest BCUT2D eigenvalue weighted by atomic mass is 32.1. The van der Waals surface area contributed by atoms with Crippen LogP contribution < -0.4 is 20.4 Å². The van der Waals surface area contributed by atoms with E-state index in [1.807, 2.05) is 0 Å². The van der Waals surface area contributed by atoms with Crippen LogP contribution in [-0.4, -0.2) is 30.1 Å². The number of nitro benzene ring substituents is 1. The largest absolute Gasteiger partial charge is 0.493 e. The lowest BCUT2D eigenvalue weighted by molar-refractivity contribution is -0.384. The van der Waals surface area contributed by atoms with Crippen molar-refractivity contribution in [3.8, 4) is 22.8 Å². The van der Waals surface area contributed by atoms with Crippen molar-refractivity contribution in [1.29, 1.82) is 0 Å². The fourth-order valence-electron chi connectivity index (χ4n) is 3.69. The van der Waals surface area contributed by atoms with Crippen LogP contribution in [0.1, 0.15) is 22.1 Å². The van der Waals surface area contributed by atoms with E-state index in [4.69, 9.17) is 18.6 Å². The van der Waals surface area contributed by atoms with Gasteiger partial charge in [0.15, 0.2) is 16.6 Å². The number of nitro groups is 1. The normalized spacial score (nSPS) is 14.5. The number of benzene rings is 2. The number of hydrogen-bond donors (Lipinski definition) is 1. The maximum Gasteiger partial charge on any atom is 0.345 e. The molecule has 0 radical (unpaired) electrons. The van der Waals surface area contributed by atoms with Gasteiger partial charge in [-0.25, -0.2) is 14.6 Å². The minimum atomic E-state index is -0.822. The predicted octanol–water partition coefficient (Wildman–Crippen LogP) is 4.12. The summed E-state index contributed by atoms with van der Waals surface area (Å²) in [5.74, 6) is 0.104. The number of nitrogens with one attached hydrogen (secondary N) is 1. The highest BCUT2D eigenvalue weighted by Crippen LogP contribution is 2.42. The van der Waals surface area contributed by atoms with Crippen molar-refractivity contribution in [2.45, 2.75) is 6.23 Å². The van der Waals surface area contributed by atoms with Crippen molar-refractivity contribution < 1.29 is 28.3 Å². The van der Waals surface area contributed by atoms with Crippen LogP contribution in [0.4, 0.5) is 10.8 Å². The topological polar surface area (TPSA) is 143 Å². The number of methoxy groups -OCH3 is 2. The first-order chi connectivity index (χ1) is 16.4. The van der Waals surface area contributed by atoms with E-state index in [0.29, 0.717) is 27.5 Å². The summed E-state index contributed by atoms with van der Waals surface area (Å²) in [7, 11) is 2.90. The molecule has 0 fully saturated rings. The quantitative estimate of drug-likeness (QED) is 0.185. The second-order valence-corrected chi connectivity index (χ2v) is 8.02. The molecule has 1 aliphatic rings. The third-order valence-electron chi connectivity index (χ3n) is 5.25. The zero-order valence-corrected chi connectivity index (χ0v) is 18.5. The molecule has 0 saturated heterocycles. The van der Waals surface area contributed by atoms with Gasteiger partial charge < -0.3 is 23.9 Å². The molecule has 2 aromatic carbocycles. The van der Waals surface area contributed by atoms with Crippen LogP contribution in [0.25, 0.3) is 22.2 Å². The highest BCUT2D eigenvalue weighted by Gasteiger charge is 2.36. The lowest BCUT2D eigenvalue weighted by atomic mass is 10.1. The molecule has 1 atom stereocenters. The minimum absolute atomic E-state index is 0.123. The Hall–Kier alpha value is -4.45. The number of rotatable bonds is 6. The maximum absolute atomic E-state index is 12.5. The van der Waals surface area contributed by atoms with Gasteiger partial charge in [-0.1, -0.05) is 0 Å². The van der Waals surface area contributed by atoms with E-state index in [-0.39, 0.29) is 28.1 Å². The van der Waals surface area contributed by atoms with Gasteiger partial charge in [0.25, 0.3) is 5.69 Å². The Bertz CT molecular complexity index is 1530. The molecule has 1 aliphatic heterocycles. The number of hydrogen-bond acceptors (Lipinski definition) is 11. The lowest BCUT2D eigenvalue weighted by Gasteiger charge is -2.13. The first-order valence-corrected chi connectivity index (χ1v) is 10.7. The standard InChI is InChI=1S/C22H15N3O8S/c1-30-16-6-4-12-17(18(16)31-2)21(27)33-19(12)24-22-23-14(9-34-22)13-8-10-7-11(25(28)29)3-5-15(10)32-20(13)26/h3-9,19H,1-2H3,(H,23,24)/t19-/m0/s1. The lowest BCUT2D eigenvalue weighted by Crippen LogP contribution is -2.10. The summed E-state index contributed by atoms with van der Waals surface area (Å²) in [6, 6.07) is 8.82. The van der Waals surface area contributed by atoms with Gasteiger partial charge in [-0.05, 0) is 24.3 Å². The predicted molar refractivity (Wildman–Crippen MR) is 122 cm³/mol. The Kier molecular flexibility index (Phi) is 5.13. The fourth-order valence-corrected chi connectivity index (χ4v) is 4.42. The monoisotopic (exact) mass is 481 g/mol. The van der Waals surface area contributed by atoms with E-state index in [9.17, 15) is 19.7 Å². The zero-order valence-electron chi connectivity index (χ0n) is 17.7. The summed E-state index contributed by atoms with van der Waals surface area (Å²) in [5, 5.41) is 16.5. The van der Waals surface area contributed by atoms with Crippen LogP contribution in [0, 0.1) is 10.1 Å². The molecule has 4 aromatic rings. The van der Waals surface area contributed by atoms with E-state index in [1.165, 1.54) is 49.8 Å². The summed E-state index contributed by atoms with van der Waals surface area (Å²) in [6.07, 6.45) is -0.822. The molecule has 1 N–H and O–H groups in total. The fraction of sp³-hybridized carbons (Fsp3) is 0.136. The van der Waals surface area contributed by atoms with Gasteiger partial charge in [0, 0.05) is 28.5 Å². The molecule has 5 rings (SSSR count). The van der Waals surface area contributed by atoms with E-state index in [1.54, 1.807) is 17.5 Å². The summed E-state index contributed by atoms with van der Waals surface area (Å²) in [5.41, 5.74) is 0.741. The number of cyclic esters (lactones) is 1. The number of esters is 1. The Morgan fingerprint density at radius 1 is 1.15 bits per heavy atom. The van der Waals surface area contributed by atoms with Crippen LogP contribution in [0.2, 0.25) is 0 Å². The molecule has 0 aliphatic carbocycles. The first-order valence-electron chi connectivity index (χ1n) is 9.80. The number of carbonyl (C=O) groups is 1. The SMILES string of the molecule is COc1ccc2c(c1OC)C(=O)O[C@@H]2Nc1nc(-c2cc3cc([N+](=O)[O-])ccc3oc2=O)cs1. The highest BCUT2D eigenvalue weighted by molar-refractivity contribution is 7.14. The van der Waals surface area contributed by atoms with Crippen LogP contribution in [0.15, 0.2) is 51.0 Å². The van der Waals surface area contributed by atoms with Gasteiger partial charge in [-0.15, -0.1) is 11.3 Å². The van der Waals surface area contributed by atoms with Crippen molar-refractivity contribution in [3.63, 3.8) is 0 Å². The molecule has 0 amide bonds. The van der Waals surface area contributed by atoms with Crippen molar-refractivity contribution in [1.82, 2.24) is 4.98 Å². The van der Waals surface area contributed by atoms with Gasteiger partial charge in [0.05, 0.1) is 30.4 Å². The Labute approximate surface area is 194 Å². The zero-order chi connectivity index (χ0) is 24.0. The van der Waals surface area contributed by atoms with Crippen LogP contribution >= 0.6 is 11.3 Å². The molecule has 0 bridgehead atoms. The molecule has 0 saturated carbocycles. The Morgan fingerprint density at radius 2 is 1.97 bits per heavy atom. The first kappa shape index (κ1) is 21.4. The second-order valence-electron chi connectivity index (χ2n) is 7.16. The molecular formula is C22H15N3O8S. The van der Waals surface area contributed by atoms with E-state index >= 15 is 0 Å². The van der Waals surface area contributed by atoms with Crippen molar-refractivity contribution in [2.75, 3.05) is 19.5 Å². The molecular weight excluding hydrogens is 466 g/mol. The van der Waals surface area contributed by atoms with Gasteiger partial charge in [0.1, 0.15) is 11.1 Å². The molecule has 2 aromatic heterocycles. The molecule has 12 heteroatoms. The van der Waals surface area contributed by atoms with E-state index < -0.39 is 22.7 Å². The third kappa shape index (κ3) is 3.49. The number of nitrogens with zero attached hydrogens (tertiary/aromatic N) is 2. The number of anilines is 1. The summed E-state index contributed by atoms with van der Waals surface area (Å²) < 4.78 is 21.3. The van der Waals surface area contributed by atoms with E-state index in [0.717, 1.165) is 0 Å². The van der Waals surface area contributed by atoms with Gasteiger partial charge in [0.2, 0.25) is 6.23 Å². The smallest absolute Gasteiger partial charge is 0.345 e. The van der Waals surface area contributed by atoms with Crippen LogP contribution in [0.3, 0.4) is 0 Å². The number of fused-ring (bicyclic) bond motifs is 2. The summed E-state index contributed by atoms with van der Waals surface area (Å²) >= 11 is 1.19. The second kappa shape index (κ2) is 8.15. The number of aromatic nitrogens is 1. The molecule has 11 nitrogen and oxygen atoms in total. The maximum atomic E-state index is 12.5. The summed E-state index contributed by atoms with van der Waals surface area (Å²) in [6.45, 7) is 0. The van der Waals surface area contributed by atoms with Crippen molar-refractivity contribution >= 4 is 39.1 Å². The van der Waals surface area contributed by atoms with Gasteiger partial charge in [-0.3, -0.25) is 10.1 Å². The van der Waals surface area contributed by atoms with Crippen LogP contribution in [0.5, 0.6) is 11.5 Å². The molecule has 172 valence electrons. The Balaban J connectivity index is 1.47. The minimum Gasteiger partial charge on any atom is -0.493 e. The average Bonchev–Trinajstić information content (AvgIpc) is 3.42. The number of carbonyl (C=O) groups excluding carboxylic acids is 1. The van der Waals surface area contributed by atoms with Gasteiger partial charge >= 0.3 is 11.6 Å². The summed E-state index contributed by atoms with van der Waals surface area (Å²) in [4.78, 5) is 39.9. The molecule has 0 spiro atoms. The van der Waals surface area contributed by atoms with E-state index in [2.05, 4.69) is 10.3 Å². The van der Waals surface area contributed by atoms with Crippen molar-refractivity contribution in [2.24, 2.45) is 0 Å². The molecule has 0 unspecified atom stereocenters. The number of non-ortho nitro benzene ring substituents is 1. The van der Waals surface area contributed by atoms with Crippen LogP contribution in [-0.2, 0) is 4.74 Å². The molecule has 3 heterocycles. The average molecular weight is 481 g/mol. The number of thiazole rings is 1. The third-order valence-corrected chi connectivity index (χ3v) is 6.02. The van der Waals surface area contributed by atoms with Crippen molar-refractivity contribution in [3.05, 3.63) is 73.4 Å². The Morgan fingerprint density at radius 3 is 2.71 bits per heavy atom. The van der Waals surface area contributed by atoms with Gasteiger partial charge in [-0.2, -0.15) is 0 Å². The number of ether oxygens (including phenoxy) is 3. The molecule has 34 heavy (non-hydrogen) atoms.